The summed E-state index contributed by atoms with van der Waals surface area (Å²) in [7, 11) is 0. The van der Waals surface area contributed by atoms with Crippen LogP contribution >= 0.6 is 0 Å². The fourth-order valence-corrected chi connectivity index (χ4v) is 1.28. The summed E-state index contributed by atoms with van der Waals surface area (Å²) in [5.41, 5.74) is -0.866. The molecule has 0 spiro atoms. The van der Waals surface area contributed by atoms with Crippen LogP contribution in [0.4, 0.5) is 26.7 Å². The first-order valence-corrected chi connectivity index (χ1v) is 6.13. The zero-order valence-electron chi connectivity index (χ0n) is 12.2. The molecule has 10 heteroatoms. The molecule has 0 aliphatic carbocycles. The Labute approximate surface area is 127 Å². The summed E-state index contributed by atoms with van der Waals surface area (Å²) in [5, 5.41) is 1.90. The van der Waals surface area contributed by atoms with Gasteiger partial charge in [0.25, 0.3) is 0 Å². The molecule has 128 valence electrons. The van der Waals surface area contributed by atoms with Gasteiger partial charge in [0.05, 0.1) is 0 Å². The van der Waals surface area contributed by atoms with E-state index in [1.807, 2.05) is 5.32 Å². The number of nitrogens with one attached hydrogen (secondary N) is 1. The SMILES string of the molecule is CC(C)(C)OC(=O)NCC(=O)Oc1c(F)c(F)c(F)c(F)c1F. The highest BCUT2D eigenvalue weighted by atomic mass is 19.2. The van der Waals surface area contributed by atoms with Gasteiger partial charge >= 0.3 is 12.1 Å². The van der Waals surface area contributed by atoms with E-state index in [4.69, 9.17) is 4.74 Å². The average Bonchev–Trinajstić information content (AvgIpc) is 2.43. The second kappa shape index (κ2) is 6.80. The molecule has 0 unspecified atom stereocenters. The first kappa shape index (κ1) is 18.7. The van der Waals surface area contributed by atoms with Crippen molar-refractivity contribution in [2.24, 2.45) is 0 Å². The highest BCUT2D eigenvalue weighted by molar-refractivity contribution is 5.79. The van der Waals surface area contributed by atoms with Crippen LogP contribution in [0.3, 0.4) is 0 Å². The van der Waals surface area contributed by atoms with E-state index in [-0.39, 0.29) is 0 Å². The van der Waals surface area contributed by atoms with Crippen LogP contribution < -0.4 is 10.1 Å². The van der Waals surface area contributed by atoms with Crippen molar-refractivity contribution >= 4 is 12.1 Å². The molecule has 0 saturated carbocycles. The molecule has 1 aromatic rings. The molecule has 23 heavy (non-hydrogen) atoms. The normalized spacial score (nSPS) is 11.1. The van der Waals surface area contributed by atoms with E-state index >= 15 is 0 Å². The monoisotopic (exact) mass is 341 g/mol. The molecule has 0 bridgehead atoms. The van der Waals surface area contributed by atoms with Crippen molar-refractivity contribution in [2.45, 2.75) is 26.4 Å². The maximum Gasteiger partial charge on any atom is 0.408 e. The predicted molar refractivity (Wildman–Crippen MR) is 66.1 cm³/mol. The third-order valence-corrected chi connectivity index (χ3v) is 2.16. The Kier molecular flexibility index (Phi) is 5.51. The summed E-state index contributed by atoms with van der Waals surface area (Å²) in [6, 6.07) is 0. The molecule has 1 aromatic carbocycles. The molecular weight excluding hydrogens is 329 g/mol. The van der Waals surface area contributed by atoms with Gasteiger partial charge in [0.2, 0.25) is 34.8 Å². The Balaban J connectivity index is 2.78. The topological polar surface area (TPSA) is 64.6 Å². The molecule has 0 atom stereocenters. The number of carbonyl (C=O) groups excluding carboxylic acids is 2. The number of carbonyl (C=O) groups is 2. The zero-order chi connectivity index (χ0) is 17.9. The van der Waals surface area contributed by atoms with E-state index in [2.05, 4.69) is 4.74 Å². The minimum atomic E-state index is -2.38. The maximum atomic E-state index is 13.3. The third-order valence-electron chi connectivity index (χ3n) is 2.16. The van der Waals surface area contributed by atoms with E-state index in [1.54, 1.807) is 20.8 Å². The van der Waals surface area contributed by atoms with Crippen molar-refractivity contribution < 1.29 is 41.0 Å². The number of esters is 1. The van der Waals surface area contributed by atoms with Gasteiger partial charge in [-0.25, -0.2) is 22.8 Å². The first-order chi connectivity index (χ1) is 10.4. The second-order valence-corrected chi connectivity index (χ2v) is 5.23. The molecule has 0 fully saturated rings. The van der Waals surface area contributed by atoms with Crippen LogP contribution in [0.15, 0.2) is 0 Å². The number of halogens is 5. The summed E-state index contributed by atoms with van der Waals surface area (Å²) >= 11 is 0. The Morgan fingerprint density at radius 1 is 0.913 bits per heavy atom. The molecule has 5 nitrogen and oxygen atoms in total. The summed E-state index contributed by atoms with van der Waals surface area (Å²) in [6.45, 7) is 3.72. The number of benzene rings is 1. The maximum absolute atomic E-state index is 13.3. The van der Waals surface area contributed by atoms with Crippen molar-refractivity contribution in [3.63, 3.8) is 0 Å². The van der Waals surface area contributed by atoms with Gasteiger partial charge in [0.1, 0.15) is 12.1 Å². The number of ether oxygens (including phenoxy) is 2. The fraction of sp³-hybridized carbons (Fsp3) is 0.385. The minimum Gasteiger partial charge on any atom is -0.444 e. The van der Waals surface area contributed by atoms with E-state index in [9.17, 15) is 31.5 Å². The second-order valence-electron chi connectivity index (χ2n) is 5.23. The number of alkyl carbamates (subject to hydrolysis) is 1. The van der Waals surface area contributed by atoms with Crippen LogP contribution in [-0.2, 0) is 9.53 Å². The van der Waals surface area contributed by atoms with E-state index in [0.29, 0.717) is 0 Å². The smallest absolute Gasteiger partial charge is 0.408 e. The van der Waals surface area contributed by atoms with Gasteiger partial charge in [-0.1, -0.05) is 0 Å². The number of rotatable bonds is 3. The van der Waals surface area contributed by atoms with Crippen LogP contribution in [0.5, 0.6) is 5.75 Å². The van der Waals surface area contributed by atoms with Gasteiger partial charge < -0.3 is 14.8 Å². The van der Waals surface area contributed by atoms with Crippen molar-refractivity contribution in [2.75, 3.05) is 6.54 Å². The van der Waals surface area contributed by atoms with Gasteiger partial charge in [-0.2, -0.15) is 8.78 Å². The summed E-state index contributed by atoms with van der Waals surface area (Å²) in [5.74, 6) is -14.7. The zero-order valence-corrected chi connectivity index (χ0v) is 12.2. The van der Waals surface area contributed by atoms with Crippen molar-refractivity contribution in [3.05, 3.63) is 29.1 Å². The Hall–Kier alpha value is -2.39. The van der Waals surface area contributed by atoms with Gasteiger partial charge in [-0.15, -0.1) is 0 Å². The molecule has 0 saturated heterocycles. The van der Waals surface area contributed by atoms with Crippen LogP contribution in [0.1, 0.15) is 20.8 Å². The van der Waals surface area contributed by atoms with E-state index in [1.165, 1.54) is 0 Å². The number of hydrogen-bond acceptors (Lipinski definition) is 4. The highest BCUT2D eigenvalue weighted by Crippen LogP contribution is 2.29. The Morgan fingerprint density at radius 3 is 1.78 bits per heavy atom. The molecule has 0 aliphatic rings. The largest absolute Gasteiger partial charge is 0.444 e. The molecular formula is C13H12F5NO4. The highest BCUT2D eigenvalue weighted by Gasteiger charge is 2.28. The fourth-order valence-electron chi connectivity index (χ4n) is 1.28. The van der Waals surface area contributed by atoms with E-state index < -0.39 is 59.0 Å². The summed E-state index contributed by atoms with van der Waals surface area (Å²) < 4.78 is 74.0. The quantitative estimate of drug-likeness (QED) is 0.302. The third kappa shape index (κ3) is 4.80. The minimum absolute atomic E-state index is 0.866. The van der Waals surface area contributed by atoms with Gasteiger partial charge in [-0.05, 0) is 20.8 Å². The molecule has 0 aromatic heterocycles. The van der Waals surface area contributed by atoms with Gasteiger partial charge in [-0.3, -0.25) is 0 Å². The molecule has 0 heterocycles. The van der Waals surface area contributed by atoms with Crippen LogP contribution in [0, 0.1) is 29.1 Å². The lowest BCUT2D eigenvalue weighted by Gasteiger charge is -2.19. The lowest BCUT2D eigenvalue weighted by Crippen LogP contribution is -2.36. The summed E-state index contributed by atoms with van der Waals surface area (Å²) in [6.07, 6.45) is -1.04. The predicted octanol–water partition coefficient (Wildman–Crippen LogP) is 2.81. The van der Waals surface area contributed by atoms with Gasteiger partial charge in [0.15, 0.2) is 0 Å². The lowest BCUT2D eigenvalue weighted by atomic mass is 10.2. The number of hydrogen-bond donors (Lipinski definition) is 1. The van der Waals surface area contributed by atoms with Crippen molar-refractivity contribution in [1.29, 1.82) is 0 Å². The lowest BCUT2D eigenvalue weighted by molar-refractivity contribution is -0.133. The van der Waals surface area contributed by atoms with Crippen LogP contribution in [-0.4, -0.2) is 24.2 Å². The number of amides is 1. The molecule has 0 radical (unpaired) electrons. The standard InChI is InChI=1S/C13H12F5NO4/c1-13(2,3)23-12(21)19-4-5(20)22-11-9(17)7(15)6(14)8(16)10(11)18/h4H2,1-3H3,(H,19,21). The Bertz CT molecular complexity index is 613. The van der Waals surface area contributed by atoms with Crippen molar-refractivity contribution in [1.82, 2.24) is 5.32 Å². The summed E-state index contributed by atoms with van der Waals surface area (Å²) in [4.78, 5) is 22.6. The van der Waals surface area contributed by atoms with Crippen LogP contribution in [0.2, 0.25) is 0 Å². The molecule has 0 aliphatic heterocycles. The Morgan fingerprint density at radius 2 is 1.35 bits per heavy atom. The van der Waals surface area contributed by atoms with E-state index in [0.717, 1.165) is 0 Å². The van der Waals surface area contributed by atoms with Crippen LogP contribution in [0.25, 0.3) is 0 Å². The van der Waals surface area contributed by atoms with Crippen molar-refractivity contribution in [3.8, 4) is 5.75 Å². The molecule has 1 N–H and O–H groups in total. The average molecular weight is 341 g/mol. The first-order valence-electron chi connectivity index (χ1n) is 6.13. The molecule has 1 amide bonds. The van der Waals surface area contributed by atoms with Gasteiger partial charge in [0, 0.05) is 0 Å². The molecule has 1 rings (SSSR count).